The highest BCUT2D eigenvalue weighted by Crippen LogP contribution is 2.36. The van der Waals surface area contributed by atoms with Crippen LogP contribution < -0.4 is 10.7 Å². The third kappa shape index (κ3) is 7.40. The standard InChI is InChI=1S/C19H16Cl2F3N3O2/c1-11(26-27-18(29)9-12-2-4-13(20)5-3-12)8-17(28)25-14-6-7-16(21)15(10-14)19(22,23)24/h2-7,10H,8-9H2,1H3,(H,25,28)(H,27,29)/b26-11-. The maximum atomic E-state index is 12.9. The predicted octanol–water partition coefficient (Wildman–Crippen LogP) is 5.08. The number of amides is 2. The van der Waals surface area contributed by atoms with E-state index < -0.39 is 22.7 Å². The number of alkyl halides is 3. The van der Waals surface area contributed by atoms with Gasteiger partial charge in [-0.05, 0) is 42.8 Å². The summed E-state index contributed by atoms with van der Waals surface area (Å²) in [6, 6.07) is 9.78. The molecule has 0 radical (unpaired) electrons. The minimum Gasteiger partial charge on any atom is -0.326 e. The first-order valence-electron chi connectivity index (χ1n) is 8.27. The smallest absolute Gasteiger partial charge is 0.326 e. The van der Waals surface area contributed by atoms with Crippen LogP contribution >= 0.6 is 23.2 Å². The monoisotopic (exact) mass is 445 g/mol. The van der Waals surface area contributed by atoms with Gasteiger partial charge < -0.3 is 5.32 Å². The number of hydrazone groups is 1. The van der Waals surface area contributed by atoms with Crippen molar-refractivity contribution in [3.63, 3.8) is 0 Å². The molecule has 0 aliphatic heterocycles. The highest BCUT2D eigenvalue weighted by molar-refractivity contribution is 6.31. The Hall–Kier alpha value is -2.58. The molecule has 0 spiro atoms. The van der Waals surface area contributed by atoms with Crippen molar-refractivity contribution in [2.24, 2.45) is 5.10 Å². The molecule has 0 atom stereocenters. The van der Waals surface area contributed by atoms with Crippen LogP contribution in [0.1, 0.15) is 24.5 Å². The van der Waals surface area contributed by atoms with E-state index in [0.717, 1.165) is 17.7 Å². The number of rotatable bonds is 6. The van der Waals surface area contributed by atoms with Crippen LogP contribution in [0.5, 0.6) is 0 Å². The molecule has 154 valence electrons. The first-order chi connectivity index (χ1) is 13.5. The quantitative estimate of drug-likeness (QED) is 0.480. The predicted molar refractivity (Wildman–Crippen MR) is 106 cm³/mol. The normalized spacial score (nSPS) is 11.9. The van der Waals surface area contributed by atoms with Crippen molar-refractivity contribution in [3.8, 4) is 0 Å². The van der Waals surface area contributed by atoms with Gasteiger partial charge in [-0.3, -0.25) is 9.59 Å². The van der Waals surface area contributed by atoms with Crippen molar-refractivity contribution in [2.45, 2.75) is 25.9 Å². The van der Waals surface area contributed by atoms with E-state index >= 15 is 0 Å². The lowest BCUT2D eigenvalue weighted by Crippen LogP contribution is -2.23. The third-order valence-electron chi connectivity index (χ3n) is 3.62. The molecule has 0 aliphatic rings. The molecule has 0 bridgehead atoms. The van der Waals surface area contributed by atoms with Gasteiger partial charge in [0.2, 0.25) is 11.8 Å². The third-order valence-corrected chi connectivity index (χ3v) is 4.20. The Labute approximate surface area is 174 Å². The molecule has 0 saturated heterocycles. The maximum Gasteiger partial charge on any atom is 0.417 e. The van der Waals surface area contributed by atoms with Crippen molar-refractivity contribution in [2.75, 3.05) is 5.32 Å². The van der Waals surface area contributed by atoms with Gasteiger partial charge in [-0.15, -0.1) is 0 Å². The Bertz CT molecular complexity index is 929. The van der Waals surface area contributed by atoms with Gasteiger partial charge in [-0.1, -0.05) is 35.3 Å². The molecule has 0 aliphatic carbocycles. The average molecular weight is 446 g/mol. The Morgan fingerprint density at radius 1 is 1.03 bits per heavy atom. The van der Waals surface area contributed by atoms with Crippen molar-refractivity contribution in [3.05, 3.63) is 63.6 Å². The van der Waals surface area contributed by atoms with Gasteiger partial charge in [0.1, 0.15) is 0 Å². The first kappa shape index (κ1) is 22.7. The van der Waals surface area contributed by atoms with Crippen LogP contribution in [0.3, 0.4) is 0 Å². The number of carbonyl (C=O) groups excluding carboxylic acids is 2. The minimum absolute atomic E-state index is 0.0497. The molecule has 10 heteroatoms. The molecular weight excluding hydrogens is 430 g/mol. The van der Waals surface area contributed by atoms with Crippen LogP contribution in [0.15, 0.2) is 47.6 Å². The van der Waals surface area contributed by atoms with Crippen LogP contribution in [0.4, 0.5) is 18.9 Å². The van der Waals surface area contributed by atoms with Crippen molar-refractivity contribution < 1.29 is 22.8 Å². The summed E-state index contributed by atoms with van der Waals surface area (Å²) in [4.78, 5) is 23.9. The molecule has 2 aromatic rings. The van der Waals surface area contributed by atoms with Gasteiger partial charge in [0.15, 0.2) is 0 Å². The number of nitrogens with zero attached hydrogens (tertiary/aromatic N) is 1. The summed E-state index contributed by atoms with van der Waals surface area (Å²) in [6.07, 6.45) is -4.78. The summed E-state index contributed by atoms with van der Waals surface area (Å²) in [6.45, 7) is 1.51. The Kier molecular flexibility index (Phi) is 7.64. The molecule has 2 amide bonds. The molecule has 0 saturated carbocycles. The van der Waals surface area contributed by atoms with Gasteiger partial charge in [0.25, 0.3) is 0 Å². The van der Waals surface area contributed by atoms with E-state index in [9.17, 15) is 22.8 Å². The summed E-state index contributed by atoms with van der Waals surface area (Å²) in [7, 11) is 0. The average Bonchev–Trinajstić information content (AvgIpc) is 2.62. The SMILES string of the molecule is C/C(CC(=O)Nc1ccc(Cl)c(C(F)(F)F)c1)=N/NC(=O)Cc1ccc(Cl)cc1. The summed E-state index contributed by atoms with van der Waals surface area (Å²) < 4.78 is 38.6. The molecule has 29 heavy (non-hydrogen) atoms. The first-order valence-corrected chi connectivity index (χ1v) is 9.03. The van der Waals surface area contributed by atoms with E-state index in [1.165, 1.54) is 13.0 Å². The molecule has 0 unspecified atom stereocenters. The fourth-order valence-corrected chi connectivity index (χ4v) is 2.63. The van der Waals surface area contributed by atoms with Crippen molar-refractivity contribution in [1.82, 2.24) is 5.43 Å². The topological polar surface area (TPSA) is 70.6 Å². The second-order valence-electron chi connectivity index (χ2n) is 6.10. The van der Waals surface area contributed by atoms with Gasteiger partial charge in [0.05, 0.1) is 23.4 Å². The number of anilines is 1. The van der Waals surface area contributed by atoms with Gasteiger partial charge in [0, 0.05) is 16.4 Å². The van der Waals surface area contributed by atoms with E-state index in [-0.39, 0.29) is 30.1 Å². The summed E-state index contributed by atoms with van der Waals surface area (Å²) in [5.41, 5.74) is 2.24. The van der Waals surface area contributed by atoms with Crippen LogP contribution in [-0.4, -0.2) is 17.5 Å². The lowest BCUT2D eigenvalue weighted by Gasteiger charge is -2.11. The molecule has 2 N–H and O–H groups in total. The highest BCUT2D eigenvalue weighted by atomic mass is 35.5. The van der Waals surface area contributed by atoms with Gasteiger partial charge in [-0.2, -0.15) is 18.3 Å². The highest BCUT2D eigenvalue weighted by Gasteiger charge is 2.33. The molecule has 0 heterocycles. The fourth-order valence-electron chi connectivity index (χ4n) is 2.28. The number of nitrogens with one attached hydrogen (secondary N) is 2. The van der Waals surface area contributed by atoms with Crippen LogP contribution in [0.25, 0.3) is 0 Å². The van der Waals surface area contributed by atoms with E-state index in [1.807, 2.05) is 0 Å². The van der Waals surface area contributed by atoms with Crippen LogP contribution in [0.2, 0.25) is 10.0 Å². The minimum atomic E-state index is -4.64. The largest absolute Gasteiger partial charge is 0.417 e. The van der Waals surface area contributed by atoms with Crippen LogP contribution in [-0.2, 0) is 22.2 Å². The number of hydrogen-bond acceptors (Lipinski definition) is 3. The Morgan fingerprint density at radius 2 is 1.69 bits per heavy atom. The maximum absolute atomic E-state index is 12.9. The zero-order chi connectivity index (χ0) is 21.6. The van der Waals surface area contributed by atoms with E-state index in [2.05, 4.69) is 15.8 Å². The summed E-state index contributed by atoms with van der Waals surface area (Å²) in [5, 5.41) is 6.25. The zero-order valence-corrected chi connectivity index (χ0v) is 16.6. The van der Waals surface area contributed by atoms with Gasteiger partial charge >= 0.3 is 6.18 Å². The number of carbonyl (C=O) groups is 2. The van der Waals surface area contributed by atoms with E-state index in [1.54, 1.807) is 24.3 Å². The molecule has 2 rings (SSSR count). The summed E-state index contributed by atoms with van der Waals surface area (Å²) in [5.74, 6) is -0.978. The number of hydrogen-bond donors (Lipinski definition) is 2. The Morgan fingerprint density at radius 3 is 2.31 bits per heavy atom. The van der Waals surface area contributed by atoms with Crippen molar-refractivity contribution >= 4 is 46.4 Å². The molecule has 5 nitrogen and oxygen atoms in total. The lowest BCUT2D eigenvalue weighted by atomic mass is 10.1. The second-order valence-corrected chi connectivity index (χ2v) is 6.95. The van der Waals surface area contributed by atoms with E-state index in [0.29, 0.717) is 5.02 Å². The molecular formula is C19H16Cl2F3N3O2. The molecule has 0 fully saturated rings. The van der Waals surface area contributed by atoms with E-state index in [4.69, 9.17) is 23.2 Å². The number of halogens is 5. The van der Waals surface area contributed by atoms with Crippen LogP contribution in [0, 0.1) is 0 Å². The summed E-state index contributed by atoms with van der Waals surface area (Å²) >= 11 is 11.3. The fraction of sp³-hybridized carbons (Fsp3) is 0.211. The lowest BCUT2D eigenvalue weighted by molar-refractivity contribution is -0.137. The zero-order valence-electron chi connectivity index (χ0n) is 15.1. The Balaban J connectivity index is 1.89. The molecule has 0 aromatic heterocycles. The second kappa shape index (κ2) is 9.76. The van der Waals surface area contributed by atoms with Gasteiger partial charge in [-0.25, -0.2) is 5.43 Å². The van der Waals surface area contributed by atoms with Crippen molar-refractivity contribution in [1.29, 1.82) is 0 Å². The number of benzene rings is 2. The molecule has 2 aromatic carbocycles.